The molecule has 28 heavy (non-hydrogen) atoms. The molecule has 1 rings (SSSR count). The fourth-order valence-corrected chi connectivity index (χ4v) is 2.51. The van der Waals surface area contributed by atoms with Crippen LogP contribution in [0.25, 0.3) is 0 Å². The lowest BCUT2D eigenvalue weighted by Gasteiger charge is -2.19. The maximum atomic E-state index is 12.8. The molecule has 0 saturated carbocycles. The lowest BCUT2D eigenvalue weighted by atomic mass is 10.2. The molecule has 4 amide bonds. The number of likely N-dealkylation sites (N-methyl/N-ethyl adjacent to an activating group) is 1. The van der Waals surface area contributed by atoms with E-state index in [0.29, 0.717) is 17.9 Å². The number of anilines is 1. The van der Waals surface area contributed by atoms with Crippen molar-refractivity contribution in [2.75, 3.05) is 37.5 Å². The largest absolute Gasteiger partial charge is 0.454 e. The maximum absolute atomic E-state index is 12.8. The first kappa shape index (κ1) is 23.2. The number of hydrogen-bond donors (Lipinski definition) is 3. The first-order valence-electron chi connectivity index (χ1n) is 8.23. The van der Waals surface area contributed by atoms with Crippen LogP contribution in [0.4, 0.5) is 14.9 Å². The first-order valence-corrected chi connectivity index (χ1v) is 9.63. The van der Waals surface area contributed by atoms with Crippen molar-refractivity contribution in [3.63, 3.8) is 0 Å². The zero-order valence-corrected chi connectivity index (χ0v) is 16.4. The summed E-state index contributed by atoms with van der Waals surface area (Å²) in [6, 6.07) is 3.33. The number of carbonyl (C=O) groups excluding carboxylic acids is 4. The van der Waals surface area contributed by atoms with Gasteiger partial charge in [0.25, 0.3) is 5.91 Å². The van der Waals surface area contributed by atoms with E-state index in [1.807, 2.05) is 6.26 Å². The lowest BCUT2D eigenvalue weighted by Crippen LogP contribution is -2.46. The van der Waals surface area contributed by atoms with Crippen LogP contribution in [0, 0.1) is 5.82 Å². The van der Waals surface area contributed by atoms with Gasteiger partial charge >= 0.3 is 12.0 Å². The number of amides is 4. The van der Waals surface area contributed by atoms with Gasteiger partial charge in [0.1, 0.15) is 11.9 Å². The Morgan fingerprint density at radius 3 is 2.46 bits per heavy atom. The summed E-state index contributed by atoms with van der Waals surface area (Å²) in [5.74, 6) is -1.75. The van der Waals surface area contributed by atoms with Gasteiger partial charge in [0.05, 0.1) is 6.54 Å². The lowest BCUT2D eigenvalue weighted by molar-refractivity contribution is -0.153. The standard InChI is InChI=1S/C17H23FN4O5S/c1-22(9-14(23)20-12-5-3-11(18)4-6-12)15(24)10-27-16(25)13(7-8-28-2)21-17(19)26/h3-6,13H,7-10H2,1-2H3,(H,20,23)(H3,19,21,26)/t13-/m0/s1. The predicted octanol–water partition coefficient (Wildman–Crippen LogP) is 0.556. The van der Waals surface area contributed by atoms with Crippen molar-refractivity contribution in [1.82, 2.24) is 10.2 Å². The number of hydrogen-bond acceptors (Lipinski definition) is 6. The molecule has 11 heteroatoms. The molecule has 0 saturated heterocycles. The molecule has 1 aromatic rings. The SMILES string of the molecule is CSCC[C@H](NC(N)=O)C(=O)OCC(=O)N(C)CC(=O)Nc1ccc(F)cc1. The van der Waals surface area contributed by atoms with Crippen LogP contribution in [0.15, 0.2) is 24.3 Å². The summed E-state index contributed by atoms with van der Waals surface area (Å²) in [5, 5.41) is 4.78. The molecule has 0 heterocycles. The number of esters is 1. The van der Waals surface area contributed by atoms with Gasteiger partial charge in [-0.05, 0) is 42.7 Å². The molecule has 0 fully saturated rings. The zero-order valence-electron chi connectivity index (χ0n) is 15.6. The van der Waals surface area contributed by atoms with Gasteiger partial charge in [0.15, 0.2) is 6.61 Å². The smallest absolute Gasteiger partial charge is 0.329 e. The Bertz CT molecular complexity index is 701. The quantitative estimate of drug-likeness (QED) is 0.480. The van der Waals surface area contributed by atoms with E-state index < -0.39 is 42.3 Å². The van der Waals surface area contributed by atoms with Crippen LogP contribution in [0.2, 0.25) is 0 Å². The number of halogens is 1. The van der Waals surface area contributed by atoms with Gasteiger partial charge in [0.2, 0.25) is 5.91 Å². The summed E-state index contributed by atoms with van der Waals surface area (Å²) in [6.07, 6.45) is 2.13. The second-order valence-corrected chi connectivity index (χ2v) is 6.74. The van der Waals surface area contributed by atoms with Crippen molar-refractivity contribution < 1.29 is 28.3 Å². The fourth-order valence-electron chi connectivity index (χ4n) is 2.04. The van der Waals surface area contributed by atoms with Gasteiger partial charge in [-0.1, -0.05) is 0 Å². The molecule has 0 aliphatic heterocycles. The van der Waals surface area contributed by atoms with Crippen LogP contribution < -0.4 is 16.4 Å². The normalized spacial score (nSPS) is 11.2. The summed E-state index contributed by atoms with van der Waals surface area (Å²) >= 11 is 1.47. The topological polar surface area (TPSA) is 131 Å². The molecule has 0 aliphatic carbocycles. The number of rotatable bonds is 10. The molecular formula is C17H23FN4O5S. The van der Waals surface area contributed by atoms with Crippen molar-refractivity contribution in [3.8, 4) is 0 Å². The highest BCUT2D eigenvalue weighted by atomic mass is 32.2. The fraction of sp³-hybridized carbons (Fsp3) is 0.412. The monoisotopic (exact) mass is 414 g/mol. The number of primary amides is 1. The molecule has 154 valence electrons. The van der Waals surface area contributed by atoms with E-state index in [0.717, 1.165) is 4.90 Å². The van der Waals surface area contributed by atoms with E-state index in [1.165, 1.54) is 43.1 Å². The van der Waals surface area contributed by atoms with Crippen molar-refractivity contribution in [2.45, 2.75) is 12.5 Å². The number of thioether (sulfide) groups is 1. The maximum Gasteiger partial charge on any atom is 0.329 e. The third-order valence-electron chi connectivity index (χ3n) is 3.48. The average Bonchev–Trinajstić information content (AvgIpc) is 2.64. The van der Waals surface area contributed by atoms with Gasteiger partial charge in [-0.2, -0.15) is 11.8 Å². The average molecular weight is 414 g/mol. The highest BCUT2D eigenvalue weighted by Crippen LogP contribution is 2.08. The number of carbonyl (C=O) groups is 4. The first-order chi connectivity index (χ1) is 13.2. The van der Waals surface area contributed by atoms with E-state index in [9.17, 15) is 23.6 Å². The third kappa shape index (κ3) is 8.71. The third-order valence-corrected chi connectivity index (χ3v) is 4.13. The van der Waals surface area contributed by atoms with Crippen LogP contribution in [-0.2, 0) is 19.1 Å². The zero-order chi connectivity index (χ0) is 21.1. The van der Waals surface area contributed by atoms with E-state index in [2.05, 4.69) is 10.6 Å². The summed E-state index contributed by atoms with van der Waals surface area (Å²) in [6.45, 7) is -0.876. The second kappa shape index (κ2) is 11.8. The van der Waals surface area contributed by atoms with Gasteiger partial charge in [-0.15, -0.1) is 0 Å². The summed E-state index contributed by atoms with van der Waals surface area (Å²) < 4.78 is 17.8. The molecule has 0 spiro atoms. The number of ether oxygens (including phenoxy) is 1. The number of urea groups is 1. The molecule has 0 aromatic heterocycles. The van der Waals surface area contributed by atoms with E-state index >= 15 is 0 Å². The Morgan fingerprint density at radius 2 is 1.89 bits per heavy atom. The molecule has 0 unspecified atom stereocenters. The number of benzene rings is 1. The van der Waals surface area contributed by atoms with Gasteiger partial charge in [-0.3, -0.25) is 9.59 Å². The Kier molecular flexibility index (Phi) is 9.79. The Labute approximate surface area is 166 Å². The minimum Gasteiger partial charge on any atom is -0.454 e. The van der Waals surface area contributed by atoms with Gasteiger partial charge in [0, 0.05) is 12.7 Å². The highest BCUT2D eigenvalue weighted by molar-refractivity contribution is 7.98. The highest BCUT2D eigenvalue weighted by Gasteiger charge is 2.23. The van der Waals surface area contributed by atoms with Crippen molar-refractivity contribution in [3.05, 3.63) is 30.1 Å². The number of nitrogens with zero attached hydrogens (tertiary/aromatic N) is 1. The van der Waals surface area contributed by atoms with Gasteiger partial charge in [-0.25, -0.2) is 14.0 Å². The second-order valence-electron chi connectivity index (χ2n) is 5.76. The van der Waals surface area contributed by atoms with Crippen molar-refractivity contribution in [2.24, 2.45) is 5.73 Å². The Hall–Kier alpha value is -2.82. The molecule has 4 N–H and O–H groups in total. The Balaban J connectivity index is 2.47. The molecule has 0 radical (unpaired) electrons. The number of nitrogens with one attached hydrogen (secondary N) is 2. The van der Waals surface area contributed by atoms with Crippen LogP contribution in [0.5, 0.6) is 0 Å². The van der Waals surface area contributed by atoms with E-state index in [4.69, 9.17) is 10.5 Å². The van der Waals surface area contributed by atoms with E-state index in [1.54, 1.807) is 0 Å². The molecule has 9 nitrogen and oxygen atoms in total. The minimum atomic E-state index is -0.954. The summed E-state index contributed by atoms with van der Waals surface area (Å²) in [7, 11) is 1.37. The molecular weight excluding hydrogens is 391 g/mol. The Morgan fingerprint density at radius 1 is 1.25 bits per heavy atom. The summed E-state index contributed by atoms with van der Waals surface area (Å²) in [5.41, 5.74) is 5.41. The van der Waals surface area contributed by atoms with E-state index in [-0.39, 0.29) is 6.54 Å². The molecule has 1 aromatic carbocycles. The summed E-state index contributed by atoms with van der Waals surface area (Å²) in [4.78, 5) is 48.0. The van der Waals surface area contributed by atoms with Crippen LogP contribution >= 0.6 is 11.8 Å². The molecule has 0 bridgehead atoms. The molecule has 1 atom stereocenters. The van der Waals surface area contributed by atoms with Crippen LogP contribution in [-0.4, -0.2) is 67.0 Å². The number of nitrogens with two attached hydrogens (primary N) is 1. The molecule has 0 aliphatic rings. The predicted molar refractivity (Wildman–Crippen MR) is 103 cm³/mol. The van der Waals surface area contributed by atoms with Crippen molar-refractivity contribution in [1.29, 1.82) is 0 Å². The van der Waals surface area contributed by atoms with Crippen LogP contribution in [0.3, 0.4) is 0 Å². The van der Waals surface area contributed by atoms with Gasteiger partial charge < -0.3 is 26.0 Å². The van der Waals surface area contributed by atoms with Crippen molar-refractivity contribution >= 4 is 41.3 Å². The minimum absolute atomic E-state index is 0.288. The van der Waals surface area contributed by atoms with Crippen LogP contribution in [0.1, 0.15) is 6.42 Å².